The van der Waals surface area contributed by atoms with Crippen molar-refractivity contribution >= 4 is 28.9 Å². The summed E-state index contributed by atoms with van der Waals surface area (Å²) >= 11 is 1.50. The molecule has 31 heavy (non-hydrogen) atoms. The SMILES string of the molecule is COc1cc(C(Nc2ccc(C(=O)OC(C)(C)C)cc2)c2cncs2)ccc1C(N)=O. The van der Waals surface area contributed by atoms with Gasteiger partial charge in [-0.15, -0.1) is 11.3 Å². The van der Waals surface area contributed by atoms with Crippen LogP contribution in [0.4, 0.5) is 5.69 Å². The Balaban J connectivity index is 1.88. The molecule has 2 aromatic carbocycles. The van der Waals surface area contributed by atoms with Gasteiger partial charge < -0.3 is 20.5 Å². The molecule has 0 fully saturated rings. The van der Waals surface area contributed by atoms with Crippen LogP contribution in [0, 0.1) is 0 Å². The summed E-state index contributed by atoms with van der Waals surface area (Å²) in [5, 5.41) is 3.46. The average molecular weight is 440 g/mol. The van der Waals surface area contributed by atoms with E-state index in [1.54, 1.807) is 36.0 Å². The Morgan fingerprint density at radius 2 is 1.84 bits per heavy atom. The molecule has 0 aliphatic heterocycles. The lowest BCUT2D eigenvalue weighted by molar-refractivity contribution is 0.00694. The number of primary amides is 1. The summed E-state index contributed by atoms with van der Waals surface area (Å²) in [4.78, 5) is 29.1. The maximum absolute atomic E-state index is 12.3. The fourth-order valence-electron chi connectivity index (χ4n) is 2.98. The molecule has 0 spiro atoms. The molecule has 1 heterocycles. The summed E-state index contributed by atoms with van der Waals surface area (Å²) in [6, 6.07) is 12.1. The number of rotatable bonds is 7. The van der Waals surface area contributed by atoms with Gasteiger partial charge in [-0.25, -0.2) is 4.79 Å². The Bertz CT molecular complexity index is 1060. The maximum atomic E-state index is 12.3. The first-order chi connectivity index (χ1) is 14.7. The van der Waals surface area contributed by atoms with Gasteiger partial charge >= 0.3 is 5.97 Å². The van der Waals surface area contributed by atoms with Crippen LogP contribution in [0.2, 0.25) is 0 Å². The van der Waals surface area contributed by atoms with Crippen LogP contribution < -0.4 is 15.8 Å². The number of aromatic nitrogens is 1. The third kappa shape index (κ3) is 5.61. The highest BCUT2D eigenvalue weighted by atomic mass is 32.1. The summed E-state index contributed by atoms with van der Waals surface area (Å²) in [6.07, 6.45) is 1.78. The fraction of sp³-hybridized carbons (Fsp3) is 0.261. The largest absolute Gasteiger partial charge is 0.496 e. The van der Waals surface area contributed by atoms with E-state index >= 15 is 0 Å². The van der Waals surface area contributed by atoms with E-state index in [2.05, 4.69) is 10.3 Å². The number of methoxy groups -OCH3 is 1. The first-order valence-corrected chi connectivity index (χ1v) is 10.5. The third-order valence-corrected chi connectivity index (χ3v) is 5.23. The molecule has 8 heteroatoms. The zero-order valence-corrected chi connectivity index (χ0v) is 18.7. The minimum Gasteiger partial charge on any atom is -0.496 e. The van der Waals surface area contributed by atoms with Crippen LogP contribution in [-0.4, -0.2) is 29.6 Å². The lowest BCUT2D eigenvalue weighted by Crippen LogP contribution is -2.23. The predicted molar refractivity (Wildman–Crippen MR) is 121 cm³/mol. The second-order valence-electron chi connectivity index (χ2n) is 7.88. The number of carbonyl (C=O) groups is 2. The Labute approximate surface area is 185 Å². The summed E-state index contributed by atoms with van der Waals surface area (Å²) in [5.74, 6) is -0.519. The van der Waals surface area contributed by atoms with Gasteiger partial charge in [-0.05, 0) is 62.7 Å². The fourth-order valence-corrected chi connectivity index (χ4v) is 3.68. The van der Waals surface area contributed by atoms with Crippen molar-refractivity contribution in [3.8, 4) is 5.75 Å². The number of hydrogen-bond acceptors (Lipinski definition) is 7. The lowest BCUT2D eigenvalue weighted by atomic mass is 10.0. The van der Waals surface area contributed by atoms with Gasteiger partial charge in [-0.1, -0.05) is 6.07 Å². The molecule has 3 aromatic rings. The maximum Gasteiger partial charge on any atom is 0.338 e. The summed E-state index contributed by atoms with van der Waals surface area (Å²) < 4.78 is 10.8. The van der Waals surface area contributed by atoms with E-state index in [0.29, 0.717) is 16.9 Å². The van der Waals surface area contributed by atoms with E-state index in [9.17, 15) is 9.59 Å². The van der Waals surface area contributed by atoms with Gasteiger partial charge in [0.25, 0.3) is 5.91 Å². The lowest BCUT2D eigenvalue weighted by Gasteiger charge is -2.21. The van der Waals surface area contributed by atoms with Crippen LogP contribution in [0.3, 0.4) is 0 Å². The molecule has 3 rings (SSSR count). The highest BCUT2D eigenvalue weighted by Gasteiger charge is 2.20. The Morgan fingerprint density at radius 1 is 1.13 bits per heavy atom. The number of amides is 1. The number of nitrogens with one attached hydrogen (secondary N) is 1. The number of nitrogens with zero attached hydrogens (tertiary/aromatic N) is 1. The number of hydrogen-bond donors (Lipinski definition) is 2. The van der Waals surface area contributed by atoms with E-state index in [1.165, 1.54) is 18.4 Å². The normalized spacial score (nSPS) is 12.1. The number of ether oxygens (including phenoxy) is 2. The van der Waals surface area contributed by atoms with E-state index in [-0.39, 0.29) is 12.0 Å². The smallest absolute Gasteiger partial charge is 0.338 e. The molecule has 0 aliphatic carbocycles. The van der Waals surface area contributed by atoms with Crippen LogP contribution in [-0.2, 0) is 4.74 Å². The van der Waals surface area contributed by atoms with E-state index in [4.69, 9.17) is 15.2 Å². The summed E-state index contributed by atoms with van der Waals surface area (Å²) in [6.45, 7) is 5.49. The Morgan fingerprint density at radius 3 is 2.39 bits per heavy atom. The van der Waals surface area contributed by atoms with Crippen molar-refractivity contribution in [2.45, 2.75) is 32.4 Å². The number of carbonyl (C=O) groups excluding carboxylic acids is 2. The molecule has 1 unspecified atom stereocenters. The second kappa shape index (κ2) is 9.18. The highest BCUT2D eigenvalue weighted by Crippen LogP contribution is 2.32. The molecular weight excluding hydrogens is 414 g/mol. The minimum absolute atomic E-state index is 0.240. The van der Waals surface area contributed by atoms with E-state index in [0.717, 1.165) is 16.1 Å². The second-order valence-corrected chi connectivity index (χ2v) is 8.80. The van der Waals surface area contributed by atoms with Crippen molar-refractivity contribution < 1.29 is 19.1 Å². The monoisotopic (exact) mass is 439 g/mol. The molecule has 0 saturated heterocycles. The minimum atomic E-state index is -0.554. The number of benzene rings is 2. The quantitative estimate of drug-likeness (QED) is 0.529. The van der Waals surface area contributed by atoms with Gasteiger partial charge in [0.2, 0.25) is 0 Å². The van der Waals surface area contributed by atoms with Gasteiger partial charge in [0.1, 0.15) is 11.4 Å². The number of anilines is 1. The molecule has 0 radical (unpaired) electrons. The van der Waals surface area contributed by atoms with Crippen LogP contribution in [0.5, 0.6) is 5.75 Å². The zero-order chi connectivity index (χ0) is 22.6. The van der Waals surface area contributed by atoms with Crippen molar-refractivity contribution in [3.05, 3.63) is 75.7 Å². The molecule has 3 N–H and O–H groups in total. The predicted octanol–water partition coefficient (Wildman–Crippen LogP) is 4.41. The Kier molecular flexibility index (Phi) is 6.60. The number of nitrogens with two attached hydrogens (primary N) is 1. The molecule has 1 aromatic heterocycles. The van der Waals surface area contributed by atoms with Gasteiger partial charge in [0, 0.05) is 11.9 Å². The van der Waals surface area contributed by atoms with Crippen LogP contribution in [0.15, 0.2) is 54.2 Å². The standard InChI is InChI=1S/C23H25N3O4S/c1-23(2,3)30-22(28)14-5-8-16(9-6-14)26-20(19-12-25-13-31-19)15-7-10-17(21(24)27)18(11-15)29-4/h5-13,20,26H,1-4H3,(H2,24,27). The van der Waals surface area contributed by atoms with Crippen molar-refractivity contribution in [1.29, 1.82) is 0 Å². The van der Waals surface area contributed by atoms with Gasteiger partial charge in [0.15, 0.2) is 0 Å². The van der Waals surface area contributed by atoms with Crippen molar-refractivity contribution in [2.24, 2.45) is 5.73 Å². The highest BCUT2D eigenvalue weighted by molar-refractivity contribution is 7.09. The summed E-state index contributed by atoms with van der Waals surface area (Å²) in [5.41, 5.74) is 9.11. The van der Waals surface area contributed by atoms with Gasteiger partial charge in [0.05, 0.1) is 34.7 Å². The first kappa shape index (κ1) is 22.3. The third-order valence-electron chi connectivity index (χ3n) is 4.39. The van der Waals surface area contributed by atoms with E-state index < -0.39 is 11.5 Å². The molecule has 0 aliphatic rings. The van der Waals surface area contributed by atoms with Crippen LogP contribution in [0.1, 0.15) is 58.0 Å². The Hall–Kier alpha value is -3.39. The van der Waals surface area contributed by atoms with Gasteiger partial charge in [-0.3, -0.25) is 9.78 Å². The molecule has 1 amide bonds. The zero-order valence-electron chi connectivity index (χ0n) is 17.8. The molecule has 7 nitrogen and oxygen atoms in total. The van der Waals surface area contributed by atoms with Crippen LogP contribution >= 0.6 is 11.3 Å². The average Bonchev–Trinajstić information content (AvgIpc) is 3.25. The number of thiazole rings is 1. The molecule has 1 atom stereocenters. The van der Waals surface area contributed by atoms with Crippen molar-refractivity contribution in [2.75, 3.05) is 12.4 Å². The van der Waals surface area contributed by atoms with Crippen molar-refractivity contribution in [1.82, 2.24) is 4.98 Å². The molecule has 0 bridgehead atoms. The molecule has 162 valence electrons. The summed E-state index contributed by atoms with van der Waals surface area (Å²) in [7, 11) is 1.50. The first-order valence-electron chi connectivity index (χ1n) is 9.64. The van der Waals surface area contributed by atoms with Gasteiger partial charge in [-0.2, -0.15) is 0 Å². The van der Waals surface area contributed by atoms with E-state index in [1.807, 2.05) is 39.0 Å². The topological polar surface area (TPSA) is 104 Å². The number of esters is 1. The molecular formula is C23H25N3O4S. The molecule has 0 saturated carbocycles. The van der Waals surface area contributed by atoms with Crippen LogP contribution in [0.25, 0.3) is 0 Å². The van der Waals surface area contributed by atoms with Crippen molar-refractivity contribution in [3.63, 3.8) is 0 Å².